The van der Waals surface area contributed by atoms with E-state index in [4.69, 9.17) is 10.2 Å². The van der Waals surface area contributed by atoms with E-state index in [0.29, 0.717) is 5.56 Å². The van der Waals surface area contributed by atoms with E-state index in [-0.39, 0.29) is 17.8 Å². The maximum Gasteiger partial charge on any atom is 0.419 e. The maximum absolute atomic E-state index is 13.0. The third kappa shape index (κ3) is 3.14. The molecule has 0 spiro atoms. The molecule has 0 aliphatic heterocycles. The van der Waals surface area contributed by atoms with E-state index in [1.54, 1.807) is 0 Å². The normalized spacial score (nSPS) is 11.4. The summed E-state index contributed by atoms with van der Waals surface area (Å²) >= 11 is 0. The van der Waals surface area contributed by atoms with Crippen LogP contribution in [0.2, 0.25) is 0 Å². The van der Waals surface area contributed by atoms with Gasteiger partial charge in [0.05, 0.1) is 23.8 Å². The molecule has 6 nitrogen and oxygen atoms in total. The zero-order valence-electron chi connectivity index (χ0n) is 10.4. The number of carbonyl (C=O) groups excluding carboxylic acids is 1. The molecule has 2 aromatic rings. The number of furan rings is 1. The number of hydrogen-bond acceptors (Lipinski definition) is 5. The Kier molecular flexibility index (Phi) is 3.85. The molecule has 0 fully saturated rings. The van der Waals surface area contributed by atoms with E-state index < -0.39 is 23.7 Å². The first kappa shape index (κ1) is 14.9. The quantitative estimate of drug-likeness (QED) is 0.895. The lowest BCUT2D eigenvalue weighted by Crippen LogP contribution is -2.31. The van der Waals surface area contributed by atoms with Crippen LogP contribution in [-0.2, 0) is 12.7 Å². The van der Waals surface area contributed by atoms with Gasteiger partial charge in [0.25, 0.3) is 0 Å². The van der Waals surface area contributed by atoms with Crippen LogP contribution in [0.15, 0.2) is 29.1 Å². The number of nitrogens with two attached hydrogens (primary N) is 1. The fourth-order valence-electron chi connectivity index (χ4n) is 1.78. The molecule has 0 saturated heterocycles. The molecule has 0 atom stereocenters. The SMILES string of the molecule is NCc1nc(NC(=O)[O-])c(C(F)(F)F)cc1-c1ccoc1. The number of rotatable bonds is 3. The molecule has 0 bridgehead atoms. The average Bonchev–Trinajstić information content (AvgIpc) is 2.89. The second-order valence-corrected chi connectivity index (χ2v) is 4.01. The van der Waals surface area contributed by atoms with Crippen LogP contribution in [0, 0.1) is 0 Å². The van der Waals surface area contributed by atoms with Crippen molar-refractivity contribution < 1.29 is 27.5 Å². The Morgan fingerprint density at radius 1 is 1.48 bits per heavy atom. The third-order valence-corrected chi connectivity index (χ3v) is 2.65. The fourth-order valence-corrected chi connectivity index (χ4v) is 1.78. The van der Waals surface area contributed by atoms with Gasteiger partial charge in [0.15, 0.2) is 0 Å². The molecular formula is C12H9F3N3O3-. The molecule has 112 valence electrons. The molecule has 2 rings (SSSR count). The van der Waals surface area contributed by atoms with Crippen LogP contribution in [0.25, 0.3) is 11.1 Å². The average molecular weight is 300 g/mol. The summed E-state index contributed by atoms with van der Waals surface area (Å²) in [5.41, 5.74) is 4.77. The summed E-state index contributed by atoms with van der Waals surface area (Å²) < 4.78 is 43.8. The van der Waals surface area contributed by atoms with Gasteiger partial charge in [0.2, 0.25) is 0 Å². The van der Waals surface area contributed by atoms with Crippen LogP contribution in [0.1, 0.15) is 11.3 Å². The van der Waals surface area contributed by atoms with Crippen LogP contribution in [-0.4, -0.2) is 11.1 Å². The van der Waals surface area contributed by atoms with E-state index in [1.807, 2.05) is 0 Å². The topological polar surface area (TPSA) is 104 Å². The van der Waals surface area contributed by atoms with Gasteiger partial charge in [-0.05, 0) is 12.1 Å². The Hall–Kier alpha value is -2.55. The molecule has 3 N–H and O–H groups in total. The first-order valence-corrected chi connectivity index (χ1v) is 5.64. The van der Waals surface area contributed by atoms with Gasteiger partial charge in [-0.15, -0.1) is 0 Å². The highest BCUT2D eigenvalue weighted by Gasteiger charge is 2.35. The van der Waals surface area contributed by atoms with E-state index in [2.05, 4.69) is 4.98 Å². The lowest BCUT2D eigenvalue weighted by atomic mass is 10.0. The van der Waals surface area contributed by atoms with Crippen molar-refractivity contribution in [2.75, 3.05) is 5.32 Å². The first-order valence-electron chi connectivity index (χ1n) is 5.64. The largest absolute Gasteiger partial charge is 0.530 e. The molecular weight excluding hydrogens is 291 g/mol. The number of carboxylic acid groups (broad SMARTS) is 1. The molecule has 2 aromatic heterocycles. The van der Waals surface area contributed by atoms with Crippen LogP contribution >= 0.6 is 0 Å². The lowest BCUT2D eigenvalue weighted by Gasteiger charge is -2.17. The molecule has 9 heteroatoms. The number of nitrogens with one attached hydrogen (secondary N) is 1. The zero-order valence-corrected chi connectivity index (χ0v) is 10.4. The monoisotopic (exact) mass is 300 g/mol. The molecule has 0 radical (unpaired) electrons. The summed E-state index contributed by atoms with van der Waals surface area (Å²) in [6.07, 6.45) is -4.17. The number of aromatic nitrogens is 1. The molecule has 0 aliphatic carbocycles. The van der Waals surface area contributed by atoms with Crippen molar-refractivity contribution in [1.29, 1.82) is 0 Å². The van der Waals surface area contributed by atoms with Gasteiger partial charge in [0.1, 0.15) is 11.9 Å². The highest BCUT2D eigenvalue weighted by molar-refractivity contribution is 5.82. The molecule has 0 unspecified atom stereocenters. The number of anilines is 1. The Morgan fingerprint density at radius 3 is 2.67 bits per heavy atom. The van der Waals surface area contributed by atoms with Gasteiger partial charge < -0.3 is 25.4 Å². The third-order valence-electron chi connectivity index (χ3n) is 2.65. The second kappa shape index (κ2) is 5.44. The summed E-state index contributed by atoms with van der Waals surface area (Å²) in [6.45, 7) is -0.180. The van der Waals surface area contributed by atoms with Gasteiger partial charge in [-0.2, -0.15) is 13.2 Å². The highest BCUT2D eigenvalue weighted by Crippen LogP contribution is 2.37. The van der Waals surface area contributed by atoms with Gasteiger partial charge in [0, 0.05) is 17.7 Å². The van der Waals surface area contributed by atoms with Crippen molar-refractivity contribution in [3.05, 3.63) is 35.9 Å². The van der Waals surface area contributed by atoms with Crippen molar-refractivity contribution in [2.45, 2.75) is 12.7 Å². The van der Waals surface area contributed by atoms with Crippen molar-refractivity contribution in [1.82, 2.24) is 4.98 Å². The second-order valence-electron chi connectivity index (χ2n) is 4.01. The van der Waals surface area contributed by atoms with E-state index in [1.165, 1.54) is 23.9 Å². The number of pyridine rings is 1. The smallest absolute Gasteiger partial charge is 0.419 e. The van der Waals surface area contributed by atoms with E-state index in [0.717, 1.165) is 6.07 Å². The summed E-state index contributed by atoms with van der Waals surface area (Å²) in [5, 5.41) is 12.0. The first-order chi connectivity index (χ1) is 9.82. The van der Waals surface area contributed by atoms with Crippen molar-refractivity contribution in [2.24, 2.45) is 5.73 Å². The molecule has 0 aromatic carbocycles. The number of alkyl halides is 3. The number of nitrogens with zero attached hydrogens (tertiary/aromatic N) is 1. The number of carbonyl (C=O) groups is 1. The molecule has 0 saturated carbocycles. The van der Waals surface area contributed by atoms with Gasteiger partial charge in [-0.1, -0.05) is 0 Å². The lowest BCUT2D eigenvalue weighted by molar-refractivity contribution is -0.242. The molecule has 21 heavy (non-hydrogen) atoms. The van der Waals surface area contributed by atoms with Gasteiger partial charge in [-0.25, -0.2) is 4.98 Å². The van der Waals surface area contributed by atoms with E-state index >= 15 is 0 Å². The molecule has 1 amide bonds. The Bertz CT molecular complexity index is 654. The number of amides is 1. The fraction of sp³-hybridized carbons (Fsp3) is 0.167. The summed E-state index contributed by atoms with van der Waals surface area (Å²) in [5.74, 6) is -0.866. The number of halogens is 3. The molecule has 2 heterocycles. The van der Waals surface area contributed by atoms with Crippen molar-refractivity contribution in [3.8, 4) is 11.1 Å². The minimum atomic E-state index is -4.80. The predicted octanol–water partition coefficient (Wildman–Crippen LogP) is 1.57. The zero-order chi connectivity index (χ0) is 15.6. The van der Waals surface area contributed by atoms with E-state index in [9.17, 15) is 23.1 Å². The Morgan fingerprint density at radius 2 is 2.19 bits per heavy atom. The Labute approximate surface area is 116 Å². The van der Waals surface area contributed by atoms with Crippen molar-refractivity contribution in [3.63, 3.8) is 0 Å². The number of hydrogen-bond donors (Lipinski definition) is 2. The minimum Gasteiger partial charge on any atom is -0.530 e. The van der Waals surface area contributed by atoms with Crippen LogP contribution < -0.4 is 16.2 Å². The van der Waals surface area contributed by atoms with Crippen LogP contribution in [0.3, 0.4) is 0 Å². The highest BCUT2D eigenvalue weighted by atomic mass is 19.4. The maximum atomic E-state index is 13.0. The minimum absolute atomic E-state index is 0.0909. The molecule has 0 aliphatic rings. The standard InChI is InChI=1S/C12H10F3N3O3/c13-12(14,15)8-3-7(6-1-2-21-5-6)9(4-16)17-10(8)18-11(19)20/h1-3,5H,4,16H2,(H,17,18)(H,19,20)/p-1. The van der Waals surface area contributed by atoms with Crippen LogP contribution in [0.4, 0.5) is 23.8 Å². The van der Waals surface area contributed by atoms with Gasteiger partial charge in [-0.3, -0.25) is 0 Å². The van der Waals surface area contributed by atoms with Crippen molar-refractivity contribution >= 4 is 11.9 Å². The predicted molar refractivity (Wildman–Crippen MR) is 63.9 cm³/mol. The summed E-state index contributed by atoms with van der Waals surface area (Å²) in [7, 11) is 0. The van der Waals surface area contributed by atoms with Crippen LogP contribution in [0.5, 0.6) is 0 Å². The van der Waals surface area contributed by atoms with Gasteiger partial charge >= 0.3 is 6.18 Å². The summed E-state index contributed by atoms with van der Waals surface area (Å²) in [6, 6.07) is 2.22. The summed E-state index contributed by atoms with van der Waals surface area (Å²) in [4.78, 5) is 14.1. The Balaban J connectivity index is 2.66.